The molecular formula is C26H31ClFN3O. The number of hydrogen-bond donors (Lipinski definition) is 0. The number of fused-ring (bicyclic) bond motifs is 1. The molecule has 2 aromatic carbocycles. The third-order valence-corrected chi connectivity index (χ3v) is 6.74. The van der Waals surface area contributed by atoms with Gasteiger partial charge in [-0.2, -0.15) is 0 Å². The van der Waals surface area contributed by atoms with Crippen LogP contribution in [0.1, 0.15) is 73.7 Å². The van der Waals surface area contributed by atoms with E-state index in [9.17, 15) is 9.18 Å². The Morgan fingerprint density at radius 2 is 2.00 bits per heavy atom. The summed E-state index contributed by atoms with van der Waals surface area (Å²) in [6.07, 6.45) is 5.48. The predicted molar refractivity (Wildman–Crippen MR) is 128 cm³/mol. The van der Waals surface area contributed by atoms with Crippen molar-refractivity contribution in [2.75, 3.05) is 6.54 Å². The molecule has 4 nitrogen and oxygen atoms in total. The summed E-state index contributed by atoms with van der Waals surface area (Å²) in [5.74, 6) is 0.824. The Balaban J connectivity index is 1.74. The molecular weight excluding hydrogens is 425 g/mol. The van der Waals surface area contributed by atoms with Crippen LogP contribution in [0.15, 0.2) is 36.4 Å². The molecule has 1 saturated carbocycles. The minimum absolute atomic E-state index is 0.147. The van der Waals surface area contributed by atoms with E-state index in [1.807, 2.05) is 23.1 Å². The van der Waals surface area contributed by atoms with Crippen molar-refractivity contribution >= 4 is 28.5 Å². The van der Waals surface area contributed by atoms with E-state index >= 15 is 0 Å². The number of amides is 1. The van der Waals surface area contributed by atoms with Gasteiger partial charge in [0.1, 0.15) is 11.6 Å². The summed E-state index contributed by atoms with van der Waals surface area (Å²) in [6, 6.07) is 10.9. The van der Waals surface area contributed by atoms with Crippen LogP contribution in [0.3, 0.4) is 0 Å². The highest BCUT2D eigenvalue weighted by Crippen LogP contribution is 2.35. The number of benzene rings is 2. The molecule has 1 heterocycles. The van der Waals surface area contributed by atoms with Gasteiger partial charge in [0, 0.05) is 23.2 Å². The van der Waals surface area contributed by atoms with Crippen LogP contribution in [0.5, 0.6) is 0 Å². The van der Waals surface area contributed by atoms with E-state index in [4.69, 9.17) is 16.6 Å². The topological polar surface area (TPSA) is 38.1 Å². The second-order valence-electron chi connectivity index (χ2n) is 9.29. The molecule has 0 saturated heterocycles. The molecule has 4 rings (SSSR count). The first-order valence-corrected chi connectivity index (χ1v) is 11.9. The zero-order valence-corrected chi connectivity index (χ0v) is 19.8. The van der Waals surface area contributed by atoms with E-state index in [1.165, 1.54) is 18.9 Å². The van der Waals surface area contributed by atoms with Crippen molar-refractivity contribution in [1.29, 1.82) is 0 Å². The Bertz CT molecular complexity index is 1120. The van der Waals surface area contributed by atoms with Crippen LogP contribution in [-0.4, -0.2) is 26.9 Å². The molecule has 0 unspecified atom stereocenters. The fourth-order valence-corrected chi connectivity index (χ4v) is 4.81. The number of nitrogens with zero attached hydrogens (tertiary/aromatic N) is 3. The first-order valence-electron chi connectivity index (χ1n) is 11.6. The number of halogens is 2. The van der Waals surface area contributed by atoms with Crippen LogP contribution in [-0.2, 0) is 6.54 Å². The van der Waals surface area contributed by atoms with Gasteiger partial charge in [-0.05, 0) is 68.0 Å². The van der Waals surface area contributed by atoms with Gasteiger partial charge in [0.2, 0.25) is 0 Å². The quantitative estimate of drug-likeness (QED) is 0.387. The normalized spacial score (nSPS) is 14.6. The van der Waals surface area contributed by atoms with Gasteiger partial charge in [-0.1, -0.05) is 44.4 Å². The molecule has 0 atom stereocenters. The number of carbonyl (C=O) groups is 1. The summed E-state index contributed by atoms with van der Waals surface area (Å²) in [7, 11) is 0. The molecule has 1 fully saturated rings. The van der Waals surface area contributed by atoms with Crippen LogP contribution in [0.2, 0.25) is 5.02 Å². The van der Waals surface area contributed by atoms with E-state index in [-0.39, 0.29) is 11.7 Å². The van der Waals surface area contributed by atoms with Crippen LogP contribution in [0, 0.1) is 18.7 Å². The summed E-state index contributed by atoms with van der Waals surface area (Å²) in [4.78, 5) is 20.3. The van der Waals surface area contributed by atoms with Gasteiger partial charge in [0.05, 0.1) is 17.6 Å². The standard InChI is InChI=1S/C26H31ClFN3O/c1-17(2)13-14-30(26(32)21-9-6-10-22(28)18(21)3)16-25-29-23-12-11-19(27)15-24(23)31(25)20-7-4-5-8-20/h6,9-12,15,17,20H,4-5,7-8,13-14,16H2,1-3H3. The maximum atomic E-state index is 14.2. The van der Waals surface area contributed by atoms with Crippen molar-refractivity contribution in [3.8, 4) is 0 Å². The van der Waals surface area contributed by atoms with Gasteiger partial charge in [0.25, 0.3) is 5.91 Å². The zero-order chi connectivity index (χ0) is 22.8. The summed E-state index contributed by atoms with van der Waals surface area (Å²) >= 11 is 6.32. The molecule has 3 aromatic rings. The maximum Gasteiger partial charge on any atom is 0.254 e. The largest absolute Gasteiger partial charge is 0.331 e. The molecule has 1 aliphatic carbocycles. The smallest absolute Gasteiger partial charge is 0.254 e. The fourth-order valence-electron chi connectivity index (χ4n) is 4.64. The van der Waals surface area contributed by atoms with Crippen LogP contribution in [0.25, 0.3) is 11.0 Å². The van der Waals surface area contributed by atoms with Crippen molar-refractivity contribution in [2.45, 2.75) is 65.5 Å². The maximum absolute atomic E-state index is 14.2. The highest BCUT2D eigenvalue weighted by molar-refractivity contribution is 6.31. The average molecular weight is 456 g/mol. The first kappa shape index (κ1) is 22.8. The van der Waals surface area contributed by atoms with Crippen LogP contribution in [0.4, 0.5) is 4.39 Å². The Morgan fingerprint density at radius 1 is 1.25 bits per heavy atom. The highest BCUT2D eigenvalue weighted by Gasteiger charge is 2.26. The Hall–Kier alpha value is -2.40. The van der Waals surface area contributed by atoms with E-state index < -0.39 is 0 Å². The van der Waals surface area contributed by atoms with Gasteiger partial charge in [-0.25, -0.2) is 9.37 Å². The van der Waals surface area contributed by atoms with Gasteiger partial charge in [-0.3, -0.25) is 4.79 Å². The van der Waals surface area contributed by atoms with Crippen molar-refractivity contribution in [3.05, 3.63) is 64.2 Å². The molecule has 1 aliphatic rings. The van der Waals surface area contributed by atoms with Crippen molar-refractivity contribution in [1.82, 2.24) is 14.5 Å². The van der Waals surface area contributed by atoms with E-state index in [2.05, 4.69) is 18.4 Å². The minimum atomic E-state index is -0.354. The van der Waals surface area contributed by atoms with Crippen LogP contribution >= 0.6 is 11.6 Å². The molecule has 0 bridgehead atoms. The molecule has 32 heavy (non-hydrogen) atoms. The Labute approximate surface area is 194 Å². The number of aromatic nitrogens is 2. The predicted octanol–water partition coefficient (Wildman–Crippen LogP) is 6.94. The van der Waals surface area contributed by atoms with E-state index in [1.54, 1.807) is 19.1 Å². The first-order chi connectivity index (χ1) is 15.3. The third-order valence-electron chi connectivity index (χ3n) is 6.51. The van der Waals surface area contributed by atoms with E-state index in [0.29, 0.717) is 41.2 Å². The monoisotopic (exact) mass is 455 g/mol. The summed E-state index contributed by atoms with van der Waals surface area (Å²) in [5.41, 5.74) is 2.73. The summed E-state index contributed by atoms with van der Waals surface area (Å²) < 4.78 is 16.5. The molecule has 0 spiro atoms. The molecule has 6 heteroatoms. The lowest BCUT2D eigenvalue weighted by Crippen LogP contribution is -2.34. The number of carbonyl (C=O) groups excluding carboxylic acids is 1. The van der Waals surface area contributed by atoms with Crippen molar-refractivity contribution in [2.24, 2.45) is 5.92 Å². The molecule has 0 aliphatic heterocycles. The van der Waals surface area contributed by atoms with Crippen molar-refractivity contribution in [3.63, 3.8) is 0 Å². The lowest BCUT2D eigenvalue weighted by Gasteiger charge is -2.26. The molecule has 1 amide bonds. The summed E-state index contributed by atoms with van der Waals surface area (Å²) in [5, 5.41) is 0.686. The van der Waals surface area contributed by atoms with Gasteiger partial charge in [0.15, 0.2) is 0 Å². The second kappa shape index (κ2) is 9.62. The fraction of sp³-hybridized carbons (Fsp3) is 0.462. The van der Waals surface area contributed by atoms with Gasteiger partial charge < -0.3 is 9.47 Å². The third kappa shape index (κ3) is 4.68. The Kier molecular flexibility index (Phi) is 6.85. The molecule has 0 N–H and O–H groups in total. The minimum Gasteiger partial charge on any atom is -0.331 e. The van der Waals surface area contributed by atoms with Crippen LogP contribution < -0.4 is 0 Å². The summed E-state index contributed by atoms with van der Waals surface area (Å²) in [6.45, 7) is 6.95. The lowest BCUT2D eigenvalue weighted by molar-refractivity contribution is 0.0727. The Morgan fingerprint density at radius 3 is 2.72 bits per heavy atom. The molecule has 0 radical (unpaired) electrons. The highest BCUT2D eigenvalue weighted by atomic mass is 35.5. The zero-order valence-electron chi connectivity index (χ0n) is 19.1. The number of imidazole rings is 1. The van der Waals surface area contributed by atoms with E-state index in [0.717, 1.165) is 36.1 Å². The van der Waals surface area contributed by atoms with Crippen molar-refractivity contribution < 1.29 is 9.18 Å². The lowest BCUT2D eigenvalue weighted by atomic mass is 10.1. The number of hydrogen-bond acceptors (Lipinski definition) is 2. The SMILES string of the molecule is Cc1c(F)cccc1C(=O)N(CCC(C)C)Cc1nc2ccc(Cl)cc2n1C1CCCC1. The average Bonchev–Trinajstić information content (AvgIpc) is 3.39. The second-order valence-corrected chi connectivity index (χ2v) is 9.73. The molecule has 170 valence electrons. The van der Waals surface area contributed by atoms with Gasteiger partial charge in [-0.15, -0.1) is 0 Å². The molecule has 1 aromatic heterocycles. The van der Waals surface area contributed by atoms with Gasteiger partial charge >= 0.3 is 0 Å². The number of rotatable bonds is 7.